The number of ether oxygens (including phenoxy) is 2. The summed E-state index contributed by atoms with van der Waals surface area (Å²) in [6.07, 6.45) is 0. The van der Waals surface area contributed by atoms with Crippen LogP contribution in [-0.4, -0.2) is 11.9 Å². The van der Waals surface area contributed by atoms with E-state index in [2.05, 4.69) is 5.32 Å². The van der Waals surface area contributed by atoms with Crippen LogP contribution in [0.2, 0.25) is 5.02 Å². The molecule has 0 amide bonds. The minimum Gasteiger partial charge on any atom is -0.508 e. The van der Waals surface area contributed by atoms with E-state index in [4.69, 9.17) is 21.1 Å². The highest BCUT2D eigenvalue weighted by molar-refractivity contribution is 6.33. The molecule has 20 heavy (non-hydrogen) atoms. The molecule has 2 aromatic carbocycles. The second kappa shape index (κ2) is 5.09. The number of hydrogen-bond donors (Lipinski definition) is 2. The zero-order valence-electron chi connectivity index (χ0n) is 10.3. The van der Waals surface area contributed by atoms with Crippen LogP contribution in [-0.2, 0) is 6.54 Å². The summed E-state index contributed by atoms with van der Waals surface area (Å²) in [7, 11) is 0. The van der Waals surface area contributed by atoms with E-state index in [1.54, 1.807) is 12.1 Å². The molecule has 104 valence electrons. The number of rotatable bonds is 3. The second-order valence-corrected chi connectivity index (χ2v) is 4.72. The van der Waals surface area contributed by atoms with Crippen LogP contribution < -0.4 is 14.8 Å². The van der Waals surface area contributed by atoms with E-state index in [-0.39, 0.29) is 19.1 Å². The maximum absolute atomic E-state index is 13.1. The molecule has 6 heteroatoms. The van der Waals surface area contributed by atoms with Crippen molar-refractivity contribution >= 4 is 17.3 Å². The molecule has 0 saturated heterocycles. The number of aromatic hydroxyl groups is 1. The first-order valence-electron chi connectivity index (χ1n) is 5.94. The van der Waals surface area contributed by atoms with Crippen LogP contribution in [0.4, 0.5) is 10.1 Å². The summed E-state index contributed by atoms with van der Waals surface area (Å²) in [5.74, 6) is 0.807. The van der Waals surface area contributed by atoms with Crippen molar-refractivity contribution < 1.29 is 19.0 Å². The SMILES string of the molecule is Oc1ccc(F)cc1CNc1cc2c(cc1Cl)OCO2. The zero-order chi connectivity index (χ0) is 14.1. The molecule has 0 unspecified atom stereocenters. The van der Waals surface area contributed by atoms with Crippen molar-refractivity contribution in [2.45, 2.75) is 6.54 Å². The van der Waals surface area contributed by atoms with Crippen LogP contribution in [0.1, 0.15) is 5.56 Å². The number of anilines is 1. The Morgan fingerprint density at radius 3 is 2.75 bits per heavy atom. The first-order chi connectivity index (χ1) is 9.63. The van der Waals surface area contributed by atoms with Crippen LogP contribution >= 0.6 is 11.6 Å². The lowest BCUT2D eigenvalue weighted by Crippen LogP contribution is -2.01. The van der Waals surface area contributed by atoms with Gasteiger partial charge in [-0.15, -0.1) is 0 Å². The van der Waals surface area contributed by atoms with Crippen LogP contribution in [0, 0.1) is 5.82 Å². The highest BCUT2D eigenvalue weighted by atomic mass is 35.5. The Morgan fingerprint density at radius 2 is 1.95 bits per heavy atom. The number of fused-ring (bicyclic) bond motifs is 1. The lowest BCUT2D eigenvalue weighted by molar-refractivity contribution is 0.174. The molecular formula is C14H11ClFNO3. The summed E-state index contributed by atoms with van der Waals surface area (Å²) in [4.78, 5) is 0. The average Bonchev–Trinajstić information content (AvgIpc) is 2.86. The highest BCUT2D eigenvalue weighted by Gasteiger charge is 2.16. The molecule has 0 aliphatic carbocycles. The van der Waals surface area contributed by atoms with Crippen LogP contribution in [0.3, 0.4) is 0 Å². The Labute approximate surface area is 119 Å². The fraction of sp³-hybridized carbons (Fsp3) is 0.143. The summed E-state index contributed by atoms with van der Waals surface area (Å²) >= 11 is 6.11. The molecule has 0 aromatic heterocycles. The topological polar surface area (TPSA) is 50.7 Å². The molecule has 0 bridgehead atoms. The zero-order valence-corrected chi connectivity index (χ0v) is 11.1. The number of phenolic OH excluding ortho intramolecular Hbond substituents is 1. The molecule has 4 nitrogen and oxygen atoms in total. The van der Waals surface area contributed by atoms with Gasteiger partial charge >= 0.3 is 0 Å². The summed E-state index contributed by atoms with van der Waals surface area (Å²) in [5.41, 5.74) is 1.07. The van der Waals surface area contributed by atoms with Gasteiger partial charge in [0, 0.05) is 24.2 Å². The van der Waals surface area contributed by atoms with Crippen molar-refractivity contribution in [3.63, 3.8) is 0 Å². The van der Waals surface area contributed by atoms with Crippen molar-refractivity contribution in [3.8, 4) is 17.2 Å². The lowest BCUT2D eigenvalue weighted by atomic mass is 10.2. The van der Waals surface area contributed by atoms with Crippen molar-refractivity contribution in [2.75, 3.05) is 12.1 Å². The molecule has 0 fully saturated rings. The van der Waals surface area contributed by atoms with Gasteiger partial charge in [-0.1, -0.05) is 11.6 Å². The molecule has 0 saturated carbocycles. The van der Waals surface area contributed by atoms with Gasteiger partial charge in [-0.3, -0.25) is 0 Å². The predicted molar refractivity (Wildman–Crippen MR) is 73.0 cm³/mol. The molecule has 2 aromatic rings. The van der Waals surface area contributed by atoms with Gasteiger partial charge < -0.3 is 19.9 Å². The van der Waals surface area contributed by atoms with Gasteiger partial charge in [0.25, 0.3) is 0 Å². The Bertz CT molecular complexity index is 663. The lowest BCUT2D eigenvalue weighted by Gasteiger charge is -2.10. The molecule has 2 N–H and O–H groups in total. The molecule has 0 atom stereocenters. The number of halogens is 2. The van der Waals surface area contributed by atoms with Gasteiger partial charge in [0.1, 0.15) is 11.6 Å². The van der Waals surface area contributed by atoms with E-state index in [0.717, 1.165) is 0 Å². The summed E-state index contributed by atoms with van der Waals surface area (Å²) < 4.78 is 23.6. The van der Waals surface area contributed by atoms with Gasteiger partial charge in [-0.25, -0.2) is 4.39 Å². The first-order valence-corrected chi connectivity index (χ1v) is 6.31. The van der Waals surface area contributed by atoms with Crippen molar-refractivity contribution in [2.24, 2.45) is 0 Å². The fourth-order valence-corrected chi connectivity index (χ4v) is 2.16. The normalized spacial score (nSPS) is 12.5. The van der Waals surface area contributed by atoms with E-state index in [1.807, 2.05) is 0 Å². The summed E-state index contributed by atoms with van der Waals surface area (Å²) in [6, 6.07) is 7.14. The van der Waals surface area contributed by atoms with Gasteiger partial charge in [-0.05, 0) is 18.2 Å². The first kappa shape index (κ1) is 12.9. The number of benzene rings is 2. The van der Waals surface area contributed by atoms with E-state index in [9.17, 15) is 9.50 Å². The minimum absolute atomic E-state index is 0.0239. The molecule has 3 rings (SSSR count). The Balaban J connectivity index is 1.80. The largest absolute Gasteiger partial charge is 0.508 e. The van der Waals surface area contributed by atoms with E-state index in [1.165, 1.54) is 18.2 Å². The quantitative estimate of drug-likeness (QED) is 0.909. The fourth-order valence-electron chi connectivity index (χ4n) is 1.94. The summed E-state index contributed by atoms with van der Waals surface area (Å²) in [6.45, 7) is 0.406. The Hall–Kier alpha value is -2.14. The standard InChI is InChI=1S/C14H11ClFNO3/c15-10-4-13-14(20-7-19-13)5-11(10)17-6-8-3-9(16)1-2-12(8)18/h1-5,17-18H,6-7H2. The number of phenols is 1. The maximum atomic E-state index is 13.1. The van der Waals surface area contributed by atoms with Gasteiger partial charge in [0.15, 0.2) is 11.5 Å². The maximum Gasteiger partial charge on any atom is 0.231 e. The molecule has 1 aliphatic heterocycles. The minimum atomic E-state index is -0.406. The number of nitrogens with one attached hydrogen (secondary N) is 1. The van der Waals surface area contributed by atoms with Crippen molar-refractivity contribution in [1.29, 1.82) is 0 Å². The van der Waals surface area contributed by atoms with E-state index >= 15 is 0 Å². The van der Waals surface area contributed by atoms with Gasteiger partial charge in [0.05, 0.1) is 10.7 Å². The molecule has 1 heterocycles. The average molecular weight is 296 g/mol. The van der Waals surface area contributed by atoms with Gasteiger partial charge in [-0.2, -0.15) is 0 Å². The molecule has 1 aliphatic rings. The van der Waals surface area contributed by atoms with E-state index in [0.29, 0.717) is 27.8 Å². The van der Waals surface area contributed by atoms with Gasteiger partial charge in [0.2, 0.25) is 6.79 Å². The van der Waals surface area contributed by atoms with Crippen LogP contribution in [0.25, 0.3) is 0 Å². The van der Waals surface area contributed by atoms with Crippen molar-refractivity contribution in [3.05, 3.63) is 46.7 Å². The Morgan fingerprint density at radius 1 is 1.20 bits per heavy atom. The smallest absolute Gasteiger partial charge is 0.231 e. The second-order valence-electron chi connectivity index (χ2n) is 4.31. The van der Waals surface area contributed by atoms with Crippen LogP contribution in [0.15, 0.2) is 30.3 Å². The third-order valence-electron chi connectivity index (χ3n) is 2.97. The van der Waals surface area contributed by atoms with Crippen molar-refractivity contribution in [1.82, 2.24) is 0 Å². The molecule has 0 radical (unpaired) electrons. The van der Waals surface area contributed by atoms with E-state index < -0.39 is 5.82 Å². The third kappa shape index (κ3) is 2.44. The number of hydrogen-bond acceptors (Lipinski definition) is 4. The van der Waals surface area contributed by atoms with Crippen LogP contribution in [0.5, 0.6) is 17.2 Å². The Kier molecular flexibility index (Phi) is 3.28. The highest BCUT2D eigenvalue weighted by Crippen LogP contribution is 2.39. The third-order valence-corrected chi connectivity index (χ3v) is 3.29. The molecular weight excluding hydrogens is 285 g/mol. The summed E-state index contributed by atoms with van der Waals surface area (Å²) in [5, 5.41) is 13.1. The monoisotopic (exact) mass is 295 g/mol. The predicted octanol–water partition coefficient (Wildman–Crippen LogP) is 3.53. The molecule has 0 spiro atoms.